The molecule has 28 heavy (non-hydrogen) atoms. The molecule has 3 aromatic rings. The van der Waals surface area contributed by atoms with Crippen LogP contribution in [0.3, 0.4) is 0 Å². The molecule has 3 rings (SSSR count). The first kappa shape index (κ1) is 20.0. The fourth-order valence-corrected chi connectivity index (χ4v) is 3.84. The van der Waals surface area contributed by atoms with E-state index in [0.29, 0.717) is 15.4 Å². The number of carbonyl (C=O) groups excluding carboxylic acids is 2. The number of thiophene rings is 1. The molecule has 0 aliphatic rings. The Morgan fingerprint density at radius 1 is 1.21 bits per heavy atom. The van der Waals surface area contributed by atoms with Crippen LogP contribution in [0.2, 0.25) is 0 Å². The number of thioether (sulfide) groups is 1. The number of carbonyl (C=O) groups is 2. The molecule has 0 saturated carbocycles. The third-order valence-electron chi connectivity index (χ3n) is 3.63. The lowest BCUT2D eigenvalue weighted by Crippen LogP contribution is -2.34. The lowest BCUT2D eigenvalue weighted by atomic mass is 10.3. The van der Waals surface area contributed by atoms with Gasteiger partial charge in [-0.2, -0.15) is 0 Å². The van der Waals surface area contributed by atoms with Gasteiger partial charge in [0.1, 0.15) is 4.70 Å². The molecule has 2 aromatic heterocycles. The molecule has 0 spiro atoms. The Kier molecular flexibility index (Phi) is 6.05. The molecule has 0 aliphatic heterocycles. The molecule has 0 aliphatic carbocycles. The van der Waals surface area contributed by atoms with Crippen molar-refractivity contribution in [3.8, 4) is 0 Å². The van der Waals surface area contributed by atoms with Crippen LogP contribution in [0.1, 0.15) is 0 Å². The number of nitrogens with zero attached hydrogens (tertiary/aromatic N) is 2. The molecule has 2 N–H and O–H groups in total. The van der Waals surface area contributed by atoms with E-state index in [4.69, 9.17) is 0 Å². The van der Waals surface area contributed by atoms with E-state index >= 15 is 0 Å². The van der Waals surface area contributed by atoms with Crippen LogP contribution < -0.4 is 16.2 Å². The van der Waals surface area contributed by atoms with Crippen molar-refractivity contribution in [2.75, 3.05) is 17.6 Å². The van der Waals surface area contributed by atoms with Crippen molar-refractivity contribution in [2.45, 2.75) is 5.16 Å². The van der Waals surface area contributed by atoms with Crippen molar-refractivity contribution < 1.29 is 18.4 Å². The summed E-state index contributed by atoms with van der Waals surface area (Å²) in [4.78, 5) is 40.3. The second-order valence-electron chi connectivity index (χ2n) is 5.64. The largest absolute Gasteiger partial charge is 0.346 e. The predicted octanol–water partition coefficient (Wildman–Crippen LogP) is 2.12. The maximum absolute atomic E-state index is 13.1. The zero-order valence-corrected chi connectivity index (χ0v) is 16.1. The number of aromatic nitrogens is 2. The van der Waals surface area contributed by atoms with Gasteiger partial charge in [-0.05, 0) is 23.6 Å². The fraction of sp³-hybridized carbons (Fsp3) is 0.176. The zero-order chi connectivity index (χ0) is 20.3. The summed E-state index contributed by atoms with van der Waals surface area (Å²) in [5.41, 5.74) is 0.464. The summed E-state index contributed by atoms with van der Waals surface area (Å²) in [6.07, 6.45) is 0. The fourth-order valence-electron chi connectivity index (χ4n) is 2.24. The molecule has 0 unspecified atom stereocenters. The number of halogens is 2. The molecule has 11 heteroatoms. The third kappa shape index (κ3) is 4.54. The van der Waals surface area contributed by atoms with Crippen LogP contribution >= 0.6 is 23.1 Å². The number of rotatable bonds is 6. The zero-order valence-electron chi connectivity index (χ0n) is 14.5. The summed E-state index contributed by atoms with van der Waals surface area (Å²) in [7, 11) is 1.57. The average Bonchev–Trinajstić information content (AvgIpc) is 3.13. The van der Waals surface area contributed by atoms with Gasteiger partial charge in [-0.1, -0.05) is 11.8 Å². The number of anilines is 1. The minimum Gasteiger partial charge on any atom is -0.346 e. The first-order valence-corrected chi connectivity index (χ1v) is 9.80. The highest BCUT2D eigenvalue weighted by Crippen LogP contribution is 2.20. The van der Waals surface area contributed by atoms with Crippen molar-refractivity contribution in [1.82, 2.24) is 14.9 Å². The first-order valence-electron chi connectivity index (χ1n) is 7.94. The topological polar surface area (TPSA) is 93.1 Å². The third-order valence-corrected chi connectivity index (χ3v) is 5.55. The Bertz CT molecular complexity index is 1110. The minimum atomic E-state index is -1.08. The Morgan fingerprint density at radius 3 is 2.75 bits per heavy atom. The molecule has 1 aromatic carbocycles. The van der Waals surface area contributed by atoms with E-state index in [1.807, 2.05) is 0 Å². The SMILES string of the molecule is Cn1c(SCC(=O)NCC(=O)Nc2ccc(F)c(F)c2)nc2ccsc2c1=O. The van der Waals surface area contributed by atoms with Gasteiger partial charge in [-0.3, -0.25) is 19.0 Å². The van der Waals surface area contributed by atoms with E-state index in [-0.39, 0.29) is 23.5 Å². The molecule has 0 saturated heterocycles. The van der Waals surface area contributed by atoms with Gasteiger partial charge in [0.25, 0.3) is 5.56 Å². The number of nitrogens with one attached hydrogen (secondary N) is 2. The number of benzene rings is 1. The number of hydrogen-bond donors (Lipinski definition) is 2. The summed E-state index contributed by atoms with van der Waals surface area (Å²) in [5, 5.41) is 6.92. The van der Waals surface area contributed by atoms with Crippen LogP contribution in [0, 0.1) is 11.6 Å². The normalized spacial score (nSPS) is 10.8. The van der Waals surface area contributed by atoms with Crippen LogP contribution in [-0.4, -0.2) is 33.7 Å². The van der Waals surface area contributed by atoms with Gasteiger partial charge in [-0.15, -0.1) is 11.3 Å². The average molecular weight is 424 g/mol. The second-order valence-corrected chi connectivity index (χ2v) is 7.49. The molecule has 0 bridgehead atoms. The summed E-state index contributed by atoms with van der Waals surface area (Å²) in [6.45, 7) is -0.339. The van der Waals surface area contributed by atoms with Gasteiger partial charge in [-0.25, -0.2) is 13.8 Å². The summed E-state index contributed by atoms with van der Waals surface area (Å²) >= 11 is 2.37. The Balaban J connectivity index is 1.52. The molecule has 0 fully saturated rings. The molecule has 2 heterocycles. The van der Waals surface area contributed by atoms with Crippen molar-refractivity contribution in [3.05, 3.63) is 51.6 Å². The second kappa shape index (κ2) is 8.48. The van der Waals surface area contributed by atoms with Crippen molar-refractivity contribution in [1.29, 1.82) is 0 Å². The maximum atomic E-state index is 13.1. The molecule has 2 amide bonds. The van der Waals surface area contributed by atoms with Crippen LogP contribution in [0.5, 0.6) is 0 Å². The van der Waals surface area contributed by atoms with E-state index < -0.39 is 23.4 Å². The highest BCUT2D eigenvalue weighted by molar-refractivity contribution is 7.99. The van der Waals surface area contributed by atoms with Crippen molar-refractivity contribution >= 4 is 50.8 Å². The molecule has 7 nitrogen and oxygen atoms in total. The number of amides is 2. The van der Waals surface area contributed by atoms with Crippen LogP contribution in [-0.2, 0) is 16.6 Å². The summed E-state index contributed by atoms with van der Waals surface area (Å²) in [5.74, 6) is -3.18. The predicted molar refractivity (Wildman–Crippen MR) is 104 cm³/mol. The van der Waals surface area contributed by atoms with Crippen molar-refractivity contribution in [2.24, 2.45) is 7.05 Å². The van der Waals surface area contributed by atoms with Gasteiger partial charge in [0.15, 0.2) is 16.8 Å². The molecular formula is C17H14F2N4O3S2. The monoisotopic (exact) mass is 424 g/mol. The Labute approximate surface area is 165 Å². The number of hydrogen-bond acceptors (Lipinski definition) is 6. The summed E-state index contributed by atoms with van der Waals surface area (Å²) < 4.78 is 27.9. The van der Waals surface area contributed by atoms with Gasteiger partial charge < -0.3 is 10.6 Å². The van der Waals surface area contributed by atoms with Crippen LogP contribution in [0.15, 0.2) is 39.6 Å². The maximum Gasteiger partial charge on any atom is 0.271 e. The summed E-state index contributed by atoms with van der Waals surface area (Å²) in [6, 6.07) is 4.67. The quantitative estimate of drug-likeness (QED) is 0.467. The first-order chi connectivity index (χ1) is 13.3. The van der Waals surface area contributed by atoms with E-state index in [0.717, 1.165) is 23.9 Å². The molecule has 146 valence electrons. The molecule has 0 atom stereocenters. The van der Waals surface area contributed by atoms with Crippen LogP contribution in [0.25, 0.3) is 10.2 Å². The Hall–Kier alpha value is -2.79. The van der Waals surface area contributed by atoms with E-state index in [1.165, 1.54) is 22.0 Å². The van der Waals surface area contributed by atoms with E-state index in [2.05, 4.69) is 15.6 Å². The van der Waals surface area contributed by atoms with Gasteiger partial charge in [0.2, 0.25) is 11.8 Å². The molecular weight excluding hydrogens is 410 g/mol. The van der Waals surface area contributed by atoms with Crippen molar-refractivity contribution in [3.63, 3.8) is 0 Å². The van der Waals surface area contributed by atoms with Gasteiger partial charge >= 0.3 is 0 Å². The van der Waals surface area contributed by atoms with E-state index in [1.54, 1.807) is 18.5 Å². The smallest absolute Gasteiger partial charge is 0.271 e. The highest BCUT2D eigenvalue weighted by Gasteiger charge is 2.13. The molecule has 0 radical (unpaired) electrons. The Morgan fingerprint density at radius 2 is 2.00 bits per heavy atom. The highest BCUT2D eigenvalue weighted by atomic mass is 32.2. The van der Waals surface area contributed by atoms with Gasteiger partial charge in [0, 0.05) is 18.8 Å². The standard InChI is InChI=1S/C17H14F2N4O3S2/c1-23-16(26)15-12(4-5-27-15)22-17(23)28-8-14(25)20-7-13(24)21-9-2-3-10(18)11(19)6-9/h2-6H,7-8H2,1H3,(H,20,25)(H,21,24). The minimum absolute atomic E-state index is 0.0472. The van der Waals surface area contributed by atoms with E-state index in [9.17, 15) is 23.2 Å². The van der Waals surface area contributed by atoms with Gasteiger partial charge in [0.05, 0.1) is 17.8 Å². The lowest BCUT2D eigenvalue weighted by Gasteiger charge is -2.08. The number of fused-ring (bicyclic) bond motifs is 1. The van der Waals surface area contributed by atoms with Crippen LogP contribution in [0.4, 0.5) is 14.5 Å². The lowest BCUT2D eigenvalue weighted by molar-refractivity contribution is -0.122.